The number of rotatable bonds is 8. The summed E-state index contributed by atoms with van der Waals surface area (Å²) < 4.78 is 0. The van der Waals surface area contributed by atoms with Gasteiger partial charge in [-0.2, -0.15) is 0 Å². The van der Waals surface area contributed by atoms with Crippen LogP contribution in [0.1, 0.15) is 18.1 Å². The maximum absolute atomic E-state index is 12.2. The first-order chi connectivity index (χ1) is 12.0. The third-order valence-electron chi connectivity index (χ3n) is 3.95. The van der Waals surface area contributed by atoms with Gasteiger partial charge in [-0.1, -0.05) is 54.1 Å². The van der Waals surface area contributed by atoms with Gasteiger partial charge in [0.2, 0.25) is 6.41 Å². The zero-order valence-electron chi connectivity index (χ0n) is 13.9. The molecule has 0 radical (unpaired) electrons. The summed E-state index contributed by atoms with van der Waals surface area (Å²) in [5.74, 6) is -0.535. The fourth-order valence-electron chi connectivity index (χ4n) is 2.41. The monoisotopic (exact) mass is 360 g/mol. The fourth-order valence-corrected chi connectivity index (χ4v) is 2.63. The van der Waals surface area contributed by atoms with E-state index in [-0.39, 0.29) is 6.54 Å². The van der Waals surface area contributed by atoms with Crippen molar-refractivity contribution in [3.8, 4) is 0 Å². The van der Waals surface area contributed by atoms with Crippen LogP contribution < -0.4 is 5.32 Å². The predicted octanol–water partition coefficient (Wildman–Crippen LogP) is 2.36. The van der Waals surface area contributed by atoms with Crippen LogP contribution in [0.2, 0.25) is 5.02 Å². The van der Waals surface area contributed by atoms with Gasteiger partial charge in [0, 0.05) is 18.1 Å². The predicted molar refractivity (Wildman–Crippen MR) is 96.8 cm³/mol. The molecule has 0 saturated carbocycles. The lowest BCUT2D eigenvalue weighted by Gasteiger charge is -2.28. The van der Waals surface area contributed by atoms with Gasteiger partial charge in [-0.15, -0.1) is 0 Å². The number of halogens is 1. The maximum atomic E-state index is 12.2. The number of benzene rings is 2. The van der Waals surface area contributed by atoms with Gasteiger partial charge in [0.15, 0.2) is 6.10 Å². The number of aliphatic hydroxyl groups is 1. The van der Waals surface area contributed by atoms with Crippen molar-refractivity contribution in [2.75, 3.05) is 0 Å². The van der Waals surface area contributed by atoms with Crippen LogP contribution in [0.3, 0.4) is 0 Å². The molecule has 132 valence electrons. The Labute approximate surface area is 152 Å². The summed E-state index contributed by atoms with van der Waals surface area (Å²) in [4.78, 5) is 24.9. The van der Waals surface area contributed by atoms with Crippen molar-refractivity contribution in [3.05, 3.63) is 70.7 Å². The third kappa shape index (κ3) is 5.59. The second-order valence-electron chi connectivity index (χ2n) is 5.80. The Balaban J connectivity index is 1.93. The molecule has 2 aromatic carbocycles. The summed E-state index contributed by atoms with van der Waals surface area (Å²) in [5.41, 5.74) is 1.75. The molecule has 0 fully saturated rings. The minimum absolute atomic E-state index is 0.253. The quantitative estimate of drug-likeness (QED) is 0.710. The molecule has 2 atom stereocenters. The van der Waals surface area contributed by atoms with E-state index in [0.717, 1.165) is 11.1 Å². The zero-order chi connectivity index (χ0) is 18.2. The van der Waals surface area contributed by atoms with E-state index in [1.165, 1.54) is 4.90 Å². The molecule has 2 N–H and O–H groups in total. The number of nitrogens with zero attached hydrogens (tertiary/aromatic N) is 1. The summed E-state index contributed by atoms with van der Waals surface area (Å²) in [5, 5.41) is 13.5. The molecule has 0 spiro atoms. The van der Waals surface area contributed by atoms with E-state index in [9.17, 15) is 14.7 Å². The lowest BCUT2D eigenvalue weighted by Crippen LogP contribution is -2.48. The highest BCUT2D eigenvalue weighted by Gasteiger charge is 2.26. The molecule has 6 heteroatoms. The lowest BCUT2D eigenvalue weighted by atomic mass is 10.1. The average molecular weight is 361 g/mol. The summed E-state index contributed by atoms with van der Waals surface area (Å²) in [6.45, 7) is 2.22. The highest BCUT2D eigenvalue weighted by Crippen LogP contribution is 2.12. The molecule has 0 saturated heterocycles. The number of hydrogen-bond donors (Lipinski definition) is 2. The van der Waals surface area contributed by atoms with Crippen molar-refractivity contribution < 1.29 is 14.7 Å². The van der Waals surface area contributed by atoms with Crippen LogP contribution in [0.15, 0.2) is 54.6 Å². The van der Waals surface area contributed by atoms with Crippen LogP contribution in [0.25, 0.3) is 0 Å². The summed E-state index contributed by atoms with van der Waals surface area (Å²) in [6.07, 6.45) is -0.682. The van der Waals surface area contributed by atoms with Gasteiger partial charge < -0.3 is 15.3 Å². The Morgan fingerprint density at radius 3 is 2.52 bits per heavy atom. The molecule has 0 aliphatic carbocycles. The number of carbonyl (C=O) groups is 2. The van der Waals surface area contributed by atoms with E-state index in [0.29, 0.717) is 18.0 Å². The molecule has 25 heavy (non-hydrogen) atoms. The van der Waals surface area contributed by atoms with Crippen LogP contribution in [0.5, 0.6) is 0 Å². The number of carbonyl (C=O) groups excluding carboxylic acids is 2. The lowest BCUT2D eigenvalue weighted by molar-refractivity contribution is -0.135. The Morgan fingerprint density at radius 2 is 1.88 bits per heavy atom. The van der Waals surface area contributed by atoms with Gasteiger partial charge in [-0.25, -0.2) is 0 Å². The molecule has 5 nitrogen and oxygen atoms in total. The summed E-state index contributed by atoms with van der Waals surface area (Å²) in [6, 6.07) is 15.8. The second-order valence-corrected chi connectivity index (χ2v) is 6.23. The molecular formula is C19H21ClN2O3. The van der Waals surface area contributed by atoms with Crippen molar-refractivity contribution in [2.24, 2.45) is 0 Å². The van der Waals surface area contributed by atoms with Crippen LogP contribution in [0.4, 0.5) is 0 Å². The largest absolute Gasteiger partial charge is 0.381 e. The first-order valence-corrected chi connectivity index (χ1v) is 8.34. The smallest absolute Gasteiger partial charge is 0.251 e. The molecule has 0 aliphatic rings. The molecular weight excluding hydrogens is 340 g/mol. The van der Waals surface area contributed by atoms with Crippen molar-refractivity contribution in [2.45, 2.75) is 32.2 Å². The van der Waals surface area contributed by atoms with E-state index in [4.69, 9.17) is 11.6 Å². The van der Waals surface area contributed by atoms with E-state index >= 15 is 0 Å². The first-order valence-electron chi connectivity index (χ1n) is 7.96. The number of aliphatic hydroxyl groups excluding tert-OH is 1. The molecule has 2 unspecified atom stereocenters. The molecule has 2 aromatic rings. The number of amides is 2. The molecule has 2 amide bonds. The topological polar surface area (TPSA) is 69.6 Å². The first kappa shape index (κ1) is 19.0. The average Bonchev–Trinajstić information content (AvgIpc) is 2.64. The highest BCUT2D eigenvalue weighted by atomic mass is 35.5. The molecule has 0 aliphatic heterocycles. The van der Waals surface area contributed by atoms with Gasteiger partial charge in [0.05, 0.1) is 6.04 Å². The molecule has 0 heterocycles. The number of hydrogen-bond acceptors (Lipinski definition) is 3. The molecule has 0 bridgehead atoms. The van der Waals surface area contributed by atoms with Crippen molar-refractivity contribution in [1.82, 2.24) is 10.2 Å². The SMILES string of the molecule is CC(C(O)C(=O)NCc1cccc(Cl)c1)N(C=O)Cc1ccccc1. The van der Waals surface area contributed by atoms with Crippen LogP contribution >= 0.6 is 11.6 Å². The third-order valence-corrected chi connectivity index (χ3v) is 4.18. The Bertz CT molecular complexity index is 709. The van der Waals surface area contributed by atoms with Crippen LogP contribution in [-0.2, 0) is 22.7 Å². The molecule has 2 rings (SSSR count). The van der Waals surface area contributed by atoms with E-state index in [1.807, 2.05) is 36.4 Å². The number of nitrogens with one attached hydrogen (secondary N) is 1. The molecule has 0 aromatic heterocycles. The Hall–Kier alpha value is -2.37. The van der Waals surface area contributed by atoms with Crippen molar-refractivity contribution >= 4 is 23.9 Å². The Morgan fingerprint density at radius 1 is 1.20 bits per heavy atom. The fraction of sp³-hybridized carbons (Fsp3) is 0.263. The van der Waals surface area contributed by atoms with Gasteiger partial charge >= 0.3 is 0 Å². The van der Waals surface area contributed by atoms with E-state index < -0.39 is 18.1 Å². The standard InChI is InChI=1S/C19H21ClN2O3/c1-14(22(13-23)12-15-6-3-2-4-7-15)18(24)19(25)21-11-16-8-5-9-17(20)10-16/h2-10,13-14,18,24H,11-12H2,1H3,(H,21,25). The van der Waals surface area contributed by atoms with Gasteiger partial charge in [-0.3, -0.25) is 9.59 Å². The van der Waals surface area contributed by atoms with Crippen molar-refractivity contribution in [3.63, 3.8) is 0 Å². The minimum atomic E-state index is -1.33. The van der Waals surface area contributed by atoms with Crippen LogP contribution in [0, 0.1) is 0 Å². The minimum Gasteiger partial charge on any atom is -0.381 e. The van der Waals surface area contributed by atoms with Crippen molar-refractivity contribution in [1.29, 1.82) is 0 Å². The normalized spacial score (nSPS) is 12.9. The summed E-state index contributed by atoms with van der Waals surface area (Å²) >= 11 is 5.90. The van der Waals surface area contributed by atoms with Gasteiger partial charge in [0.1, 0.15) is 0 Å². The van der Waals surface area contributed by atoms with Crippen LogP contribution in [-0.4, -0.2) is 34.5 Å². The zero-order valence-corrected chi connectivity index (χ0v) is 14.7. The summed E-state index contributed by atoms with van der Waals surface area (Å²) in [7, 11) is 0. The Kier molecular flexibility index (Phi) is 6.98. The highest BCUT2D eigenvalue weighted by molar-refractivity contribution is 6.30. The second kappa shape index (κ2) is 9.20. The maximum Gasteiger partial charge on any atom is 0.251 e. The van der Waals surface area contributed by atoms with Gasteiger partial charge in [-0.05, 0) is 30.2 Å². The van der Waals surface area contributed by atoms with Gasteiger partial charge in [0.25, 0.3) is 5.91 Å². The van der Waals surface area contributed by atoms with E-state index in [1.54, 1.807) is 25.1 Å². The van der Waals surface area contributed by atoms with E-state index in [2.05, 4.69) is 5.32 Å².